The lowest BCUT2D eigenvalue weighted by Crippen LogP contribution is -2.31. The fraction of sp³-hybridized carbons (Fsp3) is 0.647. The summed E-state index contributed by atoms with van der Waals surface area (Å²) in [6.07, 6.45) is 6.42. The van der Waals surface area contributed by atoms with Crippen LogP contribution in [0.1, 0.15) is 31.2 Å². The number of hydrogen-bond donors (Lipinski definition) is 1. The van der Waals surface area contributed by atoms with E-state index in [2.05, 4.69) is 11.4 Å². The molecule has 0 aromatic heterocycles. The normalized spacial score (nSPS) is 17.3. The van der Waals surface area contributed by atoms with Crippen molar-refractivity contribution in [2.24, 2.45) is 11.8 Å². The molecular formula is C17H25Cl2NO. The summed E-state index contributed by atoms with van der Waals surface area (Å²) in [5, 5.41) is 4.90. The smallest absolute Gasteiger partial charge is 0.0624 e. The van der Waals surface area contributed by atoms with Gasteiger partial charge in [-0.3, -0.25) is 0 Å². The Labute approximate surface area is 138 Å². The van der Waals surface area contributed by atoms with Gasteiger partial charge < -0.3 is 10.1 Å². The van der Waals surface area contributed by atoms with E-state index in [0.717, 1.165) is 37.1 Å². The average molecular weight is 330 g/mol. The van der Waals surface area contributed by atoms with E-state index in [1.54, 1.807) is 7.11 Å². The van der Waals surface area contributed by atoms with E-state index in [1.165, 1.54) is 31.2 Å². The van der Waals surface area contributed by atoms with E-state index < -0.39 is 0 Å². The van der Waals surface area contributed by atoms with Crippen molar-refractivity contribution in [3.63, 3.8) is 0 Å². The summed E-state index contributed by atoms with van der Waals surface area (Å²) >= 11 is 12.5. The van der Waals surface area contributed by atoms with Crippen LogP contribution in [0.15, 0.2) is 18.2 Å². The molecule has 2 nitrogen and oxygen atoms in total. The lowest BCUT2D eigenvalue weighted by atomic mass is 9.85. The monoisotopic (exact) mass is 329 g/mol. The standard InChI is InChI=1S/C17H25Cl2NO/c1-21-10-9-20-12-15(13-5-2-3-6-13)11-14-7-4-8-16(18)17(14)19/h4,7-8,13,15,20H,2-3,5-6,9-12H2,1H3. The highest BCUT2D eigenvalue weighted by molar-refractivity contribution is 6.42. The predicted molar refractivity (Wildman–Crippen MR) is 90.4 cm³/mol. The third-order valence-electron chi connectivity index (χ3n) is 4.47. The molecule has 118 valence electrons. The van der Waals surface area contributed by atoms with Crippen molar-refractivity contribution in [1.29, 1.82) is 0 Å². The molecule has 1 aliphatic carbocycles. The van der Waals surface area contributed by atoms with Crippen molar-refractivity contribution in [3.8, 4) is 0 Å². The maximum atomic E-state index is 6.36. The van der Waals surface area contributed by atoms with Gasteiger partial charge in [0.2, 0.25) is 0 Å². The van der Waals surface area contributed by atoms with Crippen molar-refractivity contribution in [1.82, 2.24) is 5.32 Å². The molecule has 0 amide bonds. The van der Waals surface area contributed by atoms with Crippen LogP contribution in [0, 0.1) is 11.8 Å². The Morgan fingerprint density at radius 1 is 1.29 bits per heavy atom. The molecule has 0 radical (unpaired) electrons. The van der Waals surface area contributed by atoms with Crippen LogP contribution >= 0.6 is 23.2 Å². The maximum Gasteiger partial charge on any atom is 0.0624 e. The van der Waals surface area contributed by atoms with Crippen LogP contribution < -0.4 is 5.32 Å². The van der Waals surface area contributed by atoms with Gasteiger partial charge in [0.15, 0.2) is 0 Å². The Morgan fingerprint density at radius 2 is 2.05 bits per heavy atom. The number of halogens is 2. The summed E-state index contributed by atoms with van der Waals surface area (Å²) < 4.78 is 5.10. The van der Waals surface area contributed by atoms with Crippen molar-refractivity contribution in [2.75, 3.05) is 26.8 Å². The molecule has 1 aromatic rings. The van der Waals surface area contributed by atoms with Crippen molar-refractivity contribution >= 4 is 23.2 Å². The van der Waals surface area contributed by atoms with Gasteiger partial charge in [-0.1, -0.05) is 61.0 Å². The zero-order chi connectivity index (χ0) is 15.1. The van der Waals surface area contributed by atoms with Crippen LogP contribution in [-0.2, 0) is 11.2 Å². The fourth-order valence-electron chi connectivity index (χ4n) is 3.28. The zero-order valence-electron chi connectivity index (χ0n) is 12.7. The first-order valence-corrected chi connectivity index (χ1v) is 8.60. The van der Waals surface area contributed by atoms with E-state index in [-0.39, 0.29) is 0 Å². The summed E-state index contributed by atoms with van der Waals surface area (Å²) in [5.74, 6) is 1.43. The number of ether oxygens (including phenoxy) is 1. The highest BCUT2D eigenvalue weighted by Crippen LogP contribution is 2.35. The lowest BCUT2D eigenvalue weighted by Gasteiger charge is -2.24. The average Bonchev–Trinajstić information content (AvgIpc) is 3.01. The number of hydrogen-bond acceptors (Lipinski definition) is 2. The Hall–Kier alpha value is -0.280. The first-order valence-electron chi connectivity index (χ1n) is 7.85. The third-order valence-corrected chi connectivity index (χ3v) is 5.33. The molecule has 1 aliphatic rings. The molecular weight excluding hydrogens is 305 g/mol. The molecule has 1 atom stereocenters. The second-order valence-corrected chi connectivity index (χ2v) is 6.70. The van der Waals surface area contributed by atoms with Gasteiger partial charge in [0.05, 0.1) is 16.7 Å². The summed E-state index contributed by atoms with van der Waals surface area (Å²) in [5.41, 5.74) is 1.18. The van der Waals surface area contributed by atoms with Gasteiger partial charge in [0, 0.05) is 13.7 Å². The second-order valence-electron chi connectivity index (χ2n) is 5.92. The van der Waals surface area contributed by atoms with Crippen LogP contribution in [0.4, 0.5) is 0 Å². The van der Waals surface area contributed by atoms with E-state index in [1.807, 2.05) is 12.1 Å². The lowest BCUT2D eigenvalue weighted by molar-refractivity contribution is 0.195. The minimum atomic E-state index is 0.625. The molecule has 0 bridgehead atoms. The molecule has 1 saturated carbocycles. The second kappa shape index (κ2) is 8.99. The van der Waals surface area contributed by atoms with Crippen LogP contribution in [0.3, 0.4) is 0 Å². The van der Waals surface area contributed by atoms with Crippen LogP contribution in [-0.4, -0.2) is 26.8 Å². The first kappa shape index (κ1) is 17.1. The Morgan fingerprint density at radius 3 is 2.76 bits per heavy atom. The minimum Gasteiger partial charge on any atom is -0.383 e. The van der Waals surface area contributed by atoms with Crippen molar-refractivity contribution in [2.45, 2.75) is 32.1 Å². The molecule has 0 heterocycles. The van der Waals surface area contributed by atoms with Gasteiger partial charge in [0.25, 0.3) is 0 Å². The third kappa shape index (κ3) is 5.14. The quantitative estimate of drug-likeness (QED) is 0.705. The molecule has 1 N–H and O–H groups in total. The summed E-state index contributed by atoms with van der Waals surface area (Å²) in [6, 6.07) is 5.95. The van der Waals surface area contributed by atoms with Gasteiger partial charge in [0.1, 0.15) is 0 Å². The molecule has 2 rings (SSSR count). The summed E-state index contributed by atoms with van der Waals surface area (Å²) in [6.45, 7) is 2.69. The van der Waals surface area contributed by atoms with E-state index >= 15 is 0 Å². The summed E-state index contributed by atoms with van der Waals surface area (Å²) in [7, 11) is 1.74. The molecule has 1 fully saturated rings. The van der Waals surface area contributed by atoms with E-state index in [0.29, 0.717) is 10.9 Å². The SMILES string of the molecule is COCCNCC(Cc1cccc(Cl)c1Cl)C1CCCC1. The van der Waals surface area contributed by atoms with Crippen LogP contribution in [0.2, 0.25) is 10.0 Å². The minimum absolute atomic E-state index is 0.625. The molecule has 0 saturated heterocycles. The Kier molecular flexibility index (Phi) is 7.31. The highest BCUT2D eigenvalue weighted by Gasteiger charge is 2.25. The predicted octanol–water partition coefficient (Wildman–Crippen LogP) is 4.58. The zero-order valence-corrected chi connectivity index (χ0v) is 14.2. The highest BCUT2D eigenvalue weighted by atomic mass is 35.5. The Bertz CT molecular complexity index is 433. The topological polar surface area (TPSA) is 21.3 Å². The summed E-state index contributed by atoms with van der Waals surface area (Å²) in [4.78, 5) is 0. The van der Waals surface area contributed by atoms with Crippen molar-refractivity contribution < 1.29 is 4.74 Å². The van der Waals surface area contributed by atoms with Crippen LogP contribution in [0.5, 0.6) is 0 Å². The van der Waals surface area contributed by atoms with Gasteiger partial charge >= 0.3 is 0 Å². The molecule has 21 heavy (non-hydrogen) atoms. The largest absolute Gasteiger partial charge is 0.383 e. The van der Waals surface area contributed by atoms with E-state index in [9.17, 15) is 0 Å². The van der Waals surface area contributed by atoms with Gasteiger partial charge in [-0.05, 0) is 36.4 Å². The molecule has 0 spiro atoms. The first-order chi connectivity index (χ1) is 10.2. The fourth-order valence-corrected chi connectivity index (χ4v) is 3.68. The van der Waals surface area contributed by atoms with E-state index in [4.69, 9.17) is 27.9 Å². The van der Waals surface area contributed by atoms with Gasteiger partial charge in [-0.2, -0.15) is 0 Å². The molecule has 0 aliphatic heterocycles. The maximum absolute atomic E-state index is 6.36. The number of benzene rings is 1. The van der Waals surface area contributed by atoms with Gasteiger partial charge in [-0.15, -0.1) is 0 Å². The number of rotatable bonds is 8. The number of nitrogens with one attached hydrogen (secondary N) is 1. The Balaban J connectivity index is 1.98. The molecule has 1 aromatic carbocycles. The van der Waals surface area contributed by atoms with Crippen molar-refractivity contribution in [3.05, 3.63) is 33.8 Å². The molecule has 1 unspecified atom stereocenters. The number of methoxy groups -OCH3 is 1. The van der Waals surface area contributed by atoms with Crippen LogP contribution in [0.25, 0.3) is 0 Å². The van der Waals surface area contributed by atoms with Gasteiger partial charge in [-0.25, -0.2) is 0 Å². The molecule has 4 heteroatoms.